The highest BCUT2D eigenvalue weighted by Crippen LogP contribution is 2.38. The van der Waals surface area contributed by atoms with Crippen LogP contribution in [0.1, 0.15) is 45.1 Å². The van der Waals surface area contributed by atoms with Gasteiger partial charge in [-0.25, -0.2) is 4.39 Å². The highest BCUT2D eigenvalue weighted by atomic mass is 79.9. The molecule has 1 aliphatic carbocycles. The van der Waals surface area contributed by atoms with E-state index in [-0.39, 0.29) is 17.4 Å². The minimum atomic E-state index is -0.160. The van der Waals surface area contributed by atoms with Gasteiger partial charge in [0.25, 0.3) is 0 Å². The van der Waals surface area contributed by atoms with Crippen LogP contribution in [0.5, 0.6) is 0 Å². The Morgan fingerprint density at radius 3 is 2.43 bits per heavy atom. The molecule has 1 unspecified atom stereocenters. The zero-order valence-corrected chi connectivity index (χ0v) is 14.6. The molecule has 1 fully saturated rings. The van der Waals surface area contributed by atoms with Crippen LogP contribution in [0.15, 0.2) is 22.7 Å². The van der Waals surface area contributed by atoms with Gasteiger partial charge in [0.1, 0.15) is 5.82 Å². The maximum absolute atomic E-state index is 14.1. The van der Waals surface area contributed by atoms with Crippen LogP contribution >= 0.6 is 15.9 Å². The van der Waals surface area contributed by atoms with E-state index in [2.05, 4.69) is 34.7 Å². The molecule has 1 aromatic carbocycles. The maximum atomic E-state index is 14.1. The summed E-state index contributed by atoms with van der Waals surface area (Å²) in [5.41, 5.74) is 7.36. The standard InChI is InChI=1S/C17H26BrFN2/c1-3-21(4-2)17(9-5-6-10-17)16(20)11-13-7-8-14(18)12-15(13)19/h7-8,12,16H,3-6,9-11,20H2,1-2H3. The average Bonchev–Trinajstić information content (AvgIpc) is 2.94. The monoisotopic (exact) mass is 356 g/mol. The van der Waals surface area contributed by atoms with E-state index in [1.807, 2.05) is 12.1 Å². The van der Waals surface area contributed by atoms with Crippen molar-refractivity contribution < 1.29 is 4.39 Å². The van der Waals surface area contributed by atoms with E-state index in [9.17, 15) is 4.39 Å². The third-order valence-electron chi connectivity index (χ3n) is 5.01. The highest BCUT2D eigenvalue weighted by molar-refractivity contribution is 9.10. The van der Waals surface area contributed by atoms with E-state index in [0.29, 0.717) is 6.42 Å². The Bertz CT molecular complexity index is 468. The van der Waals surface area contributed by atoms with Gasteiger partial charge in [0, 0.05) is 16.1 Å². The number of halogens is 2. The first-order chi connectivity index (χ1) is 10.0. The van der Waals surface area contributed by atoms with Crippen LogP contribution in [0.25, 0.3) is 0 Å². The molecule has 0 aliphatic heterocycles. The molecule has 0 spiro atoms. The van der Waals surface area contributed by atoms with Crippen molar-refractivity contribution in [2.24, 2.45) is 5.73 Å². The van der Waals surface area contributed by atoms with Gasteiger partial charge in [-0.05, 0) is 50.0 Å². The molecule has 0 heterocycles. The van der Waals surface area contributed by atoms with Crippen molar-refractivity contribution in [3.8, 4) is 0 Å². The minimum absolute atomic E-state index is 0.0180. The summed E-state index contributed by atoms with van der Waals surface area (Å²) in [6.45, 7) is 6.40. The molecule has 2 nitrogen and oxygen atoms in total. The van der Waals surface area contributed by atoms with E-state index in [1.54, 1.807) is 0 Å². The lowest BCUT2D eigenvalue weighted by Gasteiger charge is -2.45. The first kappa shape index (κ1) is 16.9. The zero-order valence-electron chi connectivity index (χ0n) is 13.0. The second-order valence-electron chi connectivity index (χ2n) is 6.03. The van der Waals surface area contributed by atoms with Crippen molar-refractivity contribution in [2.45, 2.75) is 57.5 Å². The Morgan fingerprint density at radius 1 is 1.29 bits per heavy atom. The largest absolute Gasteiger partial charge is 0.326 e. The van der Waals surface area contributed by atoms with Gasteiger partial charge in [0.2, 0.25) is 0 Å². The van der Waals surface area contributed by atoms with E-state index < -0.39 is 0 Å². The van der Waals surface area contributed by atoms with Crippen molar-refractivity contribution in [1.82, 2.24) is 4.90 Å². The van der Waals surface area contributed by atoms with E-state index in [4.69, 9.17) is 5.73 Å². The quantitative estimate of drug-likeness (QED) is 0.830. The van der Waals surface area contributed by atoms with Crippen molar-refractivity contribution in [1.29, 1.82) is 0 Å². The normalized spacial score (nSPS) is 19.1. The average molecular weight is 357 g/mol. The number of benzene rings is 1. The molecule has 0 saturated heterocycles. The Hall–Kier alpha value is -0.450. The summed E-state index contributed by atoms with van der Waals surface area (Å²) in [6.07, 6.45) is 5.33. The summed E-state index contributed by atoms with van der Waals surface area (Å²) in [5.74, 6) is -0.160. The van der Waals surface area contributed by atoms with Gasteiger partial charge in [-0.15, -0.1) is 0 Å². The van der Waals surface area contributed by atoms with Gasteiger partial charge in [0.05, 0.1) is 0 Å². The lowest BCUT2D eigenvalue weighted by atomic mass is 9.83. The molecule has 2 rings (SSSR count). The fraction of sp³-hybridized carbons (Fsp3) is 0.647. The molecule has 1 atom stereocenters. The molecule has 1 aromatic rings. The molecular formula is C17H26BrFN2. The number of nitrogens with two attached hydrogens (primary N) is 1. The van der Waals surface area contributed by atoms with Crippen LogP contribution in [-0.4, -0.2) is 29.6 Å². The molecule has 0 aromatic heterocycles. The van der Waals surface area contributed by atoms with Crippen LogP contribution in [0, 0.1) is 5.82 Å². The van der Waals surface area contributed by atoms with Gasteiger partial charge >= 0.3 is 0 Å². The van der Waals surface area contributed by atoms with Crippen molar-refractivity contribution in [3.05, 3.63) is 34.1 Å². The summed E-state index contributed by atoms with van der Waals surface area (Å²) < 4.78 is 14.9. The molecule has 0 amide bonds. The Labute approximate surface area is 136 Å². The van der Waals surface area contributed by atoms with E-state index in [0.717, 1.165) is 36.0 Å². The number of hydrogen-bond acceptors (Lipinski definition) is 2. The SMILES string of the molecule is CCN(CC)C1(C(N)Cc2ccc(Br)cc2F)CCCC1. The fourth-order valence-electron chi connectivity index (χ4n) is 3.88. The lowest BCUT2D eigenvalue weighted by molar-refractivity contribution is 0.0769. The minimum Gasteiger partial charge on any atom is -0.326 e. The van der Waals surface area contributed by atoms with Crippen LogP contribution in [0.2, 0.25) is 0 Å². The first-order valence-electron chi connectivity index (χ1n) is 7.98. The topological polar surface area (TPSA) is 29.3 Å². The Kier molecular flexibility index (Phi) is 5.81. The summed E-state index contributed by atoms with van der Waals surface area (Å²) in [7, 11) is 0. The third-order valence-corrected chi connectivity index (χ3v) is 5.50. The van der Waals surface area contributed by atoms with Crippen molar-refractivity contribution in [2.75, 3.05) is 13.1 Å². The summed E-state index contributed by atoms with van der Waals surface area (Å²) in [6, 6.07) is 5.25. The van der Waals surface area contributed by atoms with Crippen LogP contribution in [0.3, 0.4) is 0 Å². The molecule has 1 saturated carbocycles. The van der Waals surface area contributed by atoms with Gasteiger partial charge in [-0.1, -0.05) is 48.7 Å². The van der Waals surface area contributed by atoms with Crippen LogP contribution in [0.4, 0.5) is 4.39 Å². The first-order valence-corrected chi connectivity index (χ1v) is 8.77. The zero-order chi connectivity index (χ0) is 15.5. The second kappa shape index (κ2) is 7.21. The molecule has 2 N–H and O–H groups in total. The molecule has 1 aliphatic rings. The number of likely N-dealkylation sites (N-methyl/N-ethyl adjacent to an activating group) is 1. The maximum Gasteiger partial charge on any atom is 0.127 e. The lowest BCUT2D eigenvalue weighted by Crippen LogP contribution is -2.59. The van der Waals surface area contributed by atoms with Gasteiger partial charge in [-0.2, -0.15) is 0 Å². The number of hydrogen-bond donors (Lipinski definition) is 1. The number of nitrogens with zero attached hydrogens (tertiary/aromatic N) is 1. The third kappa shape index (κ3) is 3.49. The van der Waals surface area contributed by atoms with Gasteiger partial charge in [0.15, 0.2) is 0 Å². The second-order valence-corrected chi connectivity index (χ2v) is 6.94. The number of rotatable bonds is 6. The predicted octanol–water partition coefficient (Wildman–Crippen LogP) is 4.11. The van der Waals surface area contributed by atoms with Crippen molar-refractivity contribution >= 4 is 15.9 Å². The van der Waals surface area contributed by atoms with E-state index in [1.165, 1.54) is 18.9 Å². The molecule has 21 heavy (non-hydrogen) atoms. The molecule has 118 valence electrons. The predicted molar refractivity (Wildman–Crippen MR) is 89.9 cm³/mol. The summed E-state index contributed by atoms with van der Waals surface area (Å²) >= 11 is 3.31. The highest BCUT2D eigenvalue weighted by Gasteiger charge is 2.43. The smallest absolute Gasteiger partial charge is 0.127 e. The van der Waals surface area contributed by atoms with Crippen LogP contribution in [-0.2, 0) is 6.42 Å². The molecule has 0 radical (unpaired) electrons. The Balaban J connectivity index is 2.21. The molecule has 0 bridgehead atoms. The van der Waals surface area contributed by atoms with E-state index >= 15 is 0 Å². The Morgan fingerprint density at radius 2 is 1.90 bits per heavy atom. The van der Waals surface area contributed by atoms with Gasteiger partial charge in [-0.3, -0.25) is 4.90 Å². The molecule has 4 heteroatoms. The fourth-order valence-corrected chi connectivity index (χ4v) is 4.21. The van der Waals surface area contributed by atoms with Crippen molar-refractivity contribution in [3.63, 3.8) is 0 Å². The van der Waals surface area contributed by atoms with Gasteiger partial charge < -0.3 is 5.73 Å². The summed E-state index contributed by atoms with van der Waals surface area (Å²) in [4.78, 5) is 2.49. The van der Waals surface area contributed by atoms with Crippen LogP contribution < -0.4 is 5.73 Å². The molecular weight excluding hydrogens is 331 g/mol. The summed E-state index contributed by atoms with van der Waals surface area (Å²) in [5, 5.41) is 0.